The summed E-state index contributed by atoms with van der Waals surface area (Å²) >= 11 is 0. The zero-order chi connectivity index (χ0) is 17.6. The van der Waals surface area contributed by atoms with Gasteiger partial charge in [0.05, 0.1) is 6.20 Å². The molecule has 1 N–H and O–H groups in total. The monoisotopic (exact) mass is 339 g/mol. The van der Waals surface area contributed by atoms with Crippen LogP contribution < -0.4 is 5.32 Å². The quantitative estimate of drug-likeness (QED) is 0.769. The van der Waals surface area contributed by atoms with Gasteiger partial charge in [-0.2, -0.15) is 5.10 Å². The molecule has 0 radical (unpaired) electrons. The molecule has 0 saturated heterocycles. The number of fused-ring (bicyclic) bond motifs is 1. The third-order valence-corrected chi connectivity index (χ3v) is 4.44. The molecule has 0 aliphatic carbocycles. The number of halogens is 2. The Bertz CT molecular complexity index is 963. The predicted octanol–water partition coefficient (Wildman–Crippen LogP) is 3.93. The fourth-order valence-corrected chi connectivity index (χ4v) is 3.15. The van der Waals surface area contributed by atoms with E-state index in [2.05, 4.69) is 10.4 Å². The van der Waals surface area contributed by atoms with Gasteiger partial charge in [-0.15, -0.1) is 0 Å². The lowest BCUT2D eigenvalue weighted by Crippen LogP contribution is -2.24. The van der Waals surface area contributed by atoms with Gasteiger partial charge in [-0.05, 0) is 24.6 Å². The molecule has 1 aliphatic rings. The first-order valence-corrected chi connectivity index (χ1v) is 7.92. The molecule has 1 amide bonds. The van der Waals surface area contributed by atoms with Crippen LogP contribution >= 0.6 is 0 Å². The summed E-state index contributed by atoms with van der Waals surface area (Å²) in [5.41, 5.74) is 3.04. The highest BCUT2D eigenvalue weighted by Crippen LogP contribution is 2.38. The van der Waals surface area contributed by atoms with E-state index in [1.54, 1.807) is 6.20 Å². The van der Waals surface area contributed by atoms with Crippen LogP contribution in [0.5, 0.6) is 0 Å². The SMILES string of the molecule is Cc1ccc(C2CC(=O)Nc3c2cnn3-c2ccc(F)cc2F)cc1. The zero-order valence-corrected chi connectivity index (χ0v) is 13.5. The predicted molar refractivity (Wildman–Crippen MR) is 89.7 cm³/mol. The normalized spacial score (nSPS) is 16.4. The van der Waals surface area contributed by atoms with Crippen molar-refractivity contribution in [1.29, 1.82) is 0 Å². The molecule has 4 rings (SSSR count). The minimum absolute atomic E-state index is 0.0903. The van der Waals surface area contributed by atoms with Gasteiger partial charge in [0.25, 0.3) is 0 Å². The molecule has 4 nitrogen and oxygen atoms in total. The first kappa shape index (κ1) is 15.5. The minimum Gasteiger partial charge on any atom is -0.310 e. The van der Waals surface area contributed by atoms with Crippen molar-refractivity contribution >= 4 is 11.7 Å². The molecule has 3 aromatic rings. The maximum Gasteiger partial charge on any atom is 0.226 e. The van der Waals surface area contributed by atoms with Gasteiger partial charge in [-0.25, -0.2) is 13.5 Å². The zero-order valence-electron chi connectivity index (χ0n) is 13.5. The summed E-state index contributed by atoms with van der Waals surface area (Å²) in [6.07, 6.45) is 1.93. The van der Waals surface area contributed by atoms with Gasteiger partial charge < -0.3 is 5.32 Å². The minimum atomic E-state index is -0.738. The van der Waals surface area contributed by atoms with Crippen LogP contribution in [-0.4, -0.2) is 15.7 Å². The van der Waals surface area contributed by atoms with Crippen molar-refractivity contribution in [2.45, 2.75) is 19.3 Å². The Morgan fingerprint density at radius 2 is 1.92 bits per heavy atom. The Morgan fingerprint density at radius 3 is 2.64 bits per heavy atom. The Morgan fingerprint density at radius 1 is 1.16 bits per heavy atom. The molecular weight excluding hydrogens is 324 g/mol. The van der Waals surface area contributed by atoms with E-state index in [4.69, 9.17) is 0 Å². The van der Waals surface area contributed by atoms with Crippen LogP contribution in [0, 0.1) is 18.6 Å². The average molecular weight is 339 g/mol. The summed E-state index contributed by atoms with van der Waals surface area (Å²) in [4.78, 5) is 12.2. The molecule has 1 aromatic heterocycles. The van der Waals surface area contributed by atoms with E-state index in [0.29, 0.717) is 12.2 Å². The standard InChI is InChI=1S/C19H15F2N3O/c1-11-2-4-12(5-3-11)14-9-18(25)23-19-15(14)10-22-24(19)17-7-6-13(20)8-16(17)21/h2-8,10,14H,9H2,1H3,(H,23,25). The number of aryl methyl sites for hydroxylation is 1. The Balaban J connectivity index is 1.82. The van der Waals surface area contributed by atoms with Crippen LogP contribution in [0.25, 0.3) is 5.69 Å². The van der Waals surface area contributed by atoms with Gasteiger partial charge in [-0.1, -0.05) is 29.8 Å². The summed E-state index contributed by atoms with van der Waals surface area (Å²) in [6.45, 7) is 2.00. The number of carbonyl (C=O) groups excluding carboxylic acids is 1. The number of benzene rings is 2. The summed E-state index contributed by atoms with van der Waals surface area (Å²) in [6, 6.07) is 11.2. The molecule has 2 heterocycles. The summed E-state index contributed by atoms with van der Waals surface area (Å²) < 4.78 is 28.6. The third-order valence-electron chi connectivity index (χ3n) is 4.44. The lowest BCUT2D eigenvalue weighted by Gasteiger charge is -2.24. The number of carbonyl (C=O) groups is 1. The van der Waals surface area contributed by atoms with Crippen LogP contribution in [0.2, 0.25) is 0 Å². The van der Waals surface area contributed by atoms with E-state index in [1.165, 1.54) is 10.7 Å². The van der Waals surface area contributed by atoms with Crippen molar-refractivity contribution in [3.05, 3.63) is 77.0 Å². The van der Waals surface area contributed by atoms with Crippen molar-refractivity contribution in [1.82, 2.24) is 9.78 Å². The number of nitrogens with zero attached hydrogens (tertiary/aromatic N) is 2. The van der Waals surface area contributed by atoms with Crippen LogP contribution in [0.1, 0.15) is 29.0 Å². The van der Waals surface area contributed by atoms with Crippen molar-refractivity contribution in [2.75, 3.05) is 5.32 Å². The fraction of sp³-hybridized carbons (Fsp3) is 0.158. The summed E-state index contributed by atoms with van der Waals surface area (Å²) in [5, 5.41) is 6.99. The summed E-state index contributed by atoms with van der Waals surface area (Å²) in [7, 11) is 0. The highest BCUT2D eigenvalue weighted by Gasteiger charge is 2.30. The van der Waals surface area contributed by atoms with E-state index in [9.17, 15) is 13.6 Å². The highest BCUT2D eigenvalue weighted by atomic mass is 19.1. The van der Waals surface area contributed by atoms with Gasteiger partial charge in [0.15, 0.2) is 5.82 Å². The Hall–Kier alpha value is -3.02. The highest BCUT2D eigenvalue weighted by molar-refractivity contribution is 5.94. The number of hydrogen-bond donors (Lipinski definition) is 1. The molecule has 25 heavy (non-hydrogen) atoms. The molecule has 1 aliphatic heterocycles. The van der Waals surface area contributed by atoms with Crippen molar-refractivity contribution in [3.63, 3.8) is 0 Å². The lowest BCUT2D eigenvalue weighted by molar-refractivity contribution is -0.116. The van der Waals surface area contributed by atoms with Gasteiger partial charge in [0, 0.05) is 24.0 Å². The second-order valence-electron chi connectivity index (χ2n) is 6.17. The van der Waals surface area contributed by atoms with Crippen LogP contribution in [0.4, 0.5) is 14.6 Å². The van der Waals surface area contributed by atoms with E-state index >= 15 is 0 Å². The fourth-order valence-electron chi connectivity index (χ4n) is 3.15. The Labute approximate surface area is 143 Å². The number of hydrogen-bond acceptors (Lipinski definition) is 2. The second-order valence-corrected chi connectivity index (χ2v) is 6.17. The average Bonchev–Trinajstić information content (AvgIpc) is 2.98. The van der Waals surface area contributed by atoms with Gasteiger partial charge in [-0.3, -0.25) is 4.79 Å². The molecule has 0 fully saturated rings. The molecule has 2 aromatic carbocycles. The second kappa shape index (κ2) is 5.81. The first-order valence-electron chi connectivity index (χ1n) is 7.92. The molecule has 0 saturated carbocycles. The Kier molecular flexibility index (Phi) is 3.60. The molecule has 126 valence electrons. The summed E-state index contributed by atoms with van der Waals surface area (Å²) in [5.74, 6) is -1.29. The third kappa shape index (κ3) is 2.69. The van der Waals surface area contributed by atoms with E-state index in [0.717, 1.165) is 28.8 Å². The van der Waals surface area contributed by atoms with Crippen molar-refractivity contribution < 1.29 is 13.6 Å². The maximum absolute atomic E-state index is 14.1. The molecule has 6 heteroatoms. The molecule has 0 spiro atoms. The number of amides is 1. The van der Waals surface area contributed by atoms with Crippen LogP contribution in [0.15, 0.2) is 48.7 Å². The van der Waals surface area contributed by atoms with E-state index in [1.807, 2.05) is 31.2 Å². The molecule has 0 bridgehead atoms. The van der Waals surface area contributed by atoms with Gasteiger partial charge in [0.1, 0.15) is 17.3 Å². The number of aromatic nitrogens is 2. The molecule has 1 atom stereocenters. The smallest absolute Gasteiger partial charge is 0.226 e. The molecule has 1 unspecified atom stereocenters. The van der Waals surface area contributed by atoms with E-state index in [-0.39, 0.29) is 17.5 Å². The first-order chi connectivity index (χ1) is 12.0. The maximum atomic E-state index is 14.1. The topological polar surface area (TPSA) is 46.9 Å². The van der Waals surface area contributed by atoms with Crippen molar-refractivity contribution in [2.24, 2.45) is 0 Å². The number of anilines is 1. The van der Waals surface area contributed by atoms with Crippen molar-refractivity contribution in [3.8, 4) is 5.69 Å². The largest absolute Gasteiger partial charge is 0.310 e. The lowest BCUT2D eigenvalue weighted by atomic mass is 9.87. The number of rotatable bonds is 2. The molecular formula is C19H15F2N3O. The van der Waals surface area contributed by atoms with Gasteiger partial charge in [0.2, 0.25) is 5.91 Å². The van der Waals surface area contributed by atoms with Crippen LogP contribution in [0.3, 0.4) is 0 Å². The van der Waals surface area contributed by atoms with Crippen LogP contribution in [-0.2, 0) is 4.79 Å². The van der Waals surface area contributed by atoms with E-state index < -0.39 is 11.6 Å². The van der Waals surface area contributed by atoms with Gasteiger partial charge >= 0.3 is 0 Å². The number of nitrogens with one attached hydrogen (secondary N) is 1.